The molecule has 1 saturated carbocycles. The van der Waals surface area contributed by atoms with Gasteiger partial charge in [0.05, 0.1) is 13.0 Å². The normalized spacial score (nSPS) is 18.2. The van der Waals surface area contributed by atoms with Crippen molar-refractivity contribution in [3.8, 4) is 0 Å². The average molecular weight is 241 g/mol. The Morgan fingerprint density at radius 1 is 1.41 bits per heavy atom. The van der Waals surface area contributed by atoms with E-state index in [1.54, 1.807) is 0 Å². The Hall–Kier alpha value is -0.570. The molecular weight excluding hydrogens is 214 g/mol. The lowest BCUT2D eigenvalue weighted by Crippen LogP contribution is -2.30. The number of carbonyl (C=O) groups excluding carboxylic acids is 1. The first kappa shape index (κ1) is 14.5. The highest BCUT2D eigenvalue weighted by Crippen LogP contribution is 2.28. The third-order valence-corrected chi connectivity index (χ3v) is 3.53. The van der Waals surface area contributed by atoms with Gasteiger partial charge in [-0.15, -0.1) is 0 Å². The first-order valence-electron chi connectivity index (χ1n) is 7.11. The maximum atomic E-state index is 11.2. The number of hydrogen-bond donors (Lipinski definition) is 1. The summed E-state index contributed by atoms with van der Waals surface area (Å²) in [6.07, 6.45) is 8.78. The second-order valence-electron chi connectivity index (χ2n) is 5.16. The molecular formula is C14H27NO2. The summed E-state index contributed by atoms with van der Waals surface area (Å²) in [5.41, 5.74) is 0. The average Bonchev–Trinajstić information content (AvgIpc) is 2.77. The summed E-state index contributed by atoms with van der Waals surface area (Å²) in [7, 11) is 0. The van der Waals surface area contributed by atoms with Crippen LogP contribution in [0.2, 0.25) is 0 Å². The van der Waals surface area contributed by atoms with Crippen molar-refractivity contribution in [1.29, 1.82) is 0 Å². The summed E-state index contributed by atoms with van der Waals surface area (Å²) in [4.78, 5) is 11.2. The second-order valence-corrected chi connectivity index (χ2v) is 5.16. The fraction of sp³-hybridized carbons (Fsp3) is 0.929. The van der Waals surface area contributed by atoms with Gasteiger partial charge in [-0.05, 0) is 39.2 Å². The van der Waals surface area contributed by atoms with Crippen molar-refractivity contribution in [1.82, 2.24) is 5.32 Å². The van der Waals surface area contributed by atoms with Gasteiger partial charge in [0, 0.05) is 6.04 Å². The molecule has 0 aromatic carbocycles. The van der Waals surface area contributed by atoms with Crippen molar-refractivity contribution in [3.05, 3.63) is 0 Å². The zero-order valence-corrected chi connectivity index (χ0v) is 11.3. The van der Waals surface area contributed by atoms with Crippen LogP contribution in [0.3, 0.4) is 0 Å². The molecule has 0 saturated heterocycles. The monoisotopic (exact) mass is 241 g/mol. The van der Waals surface area contributed by atoms with Crippen molar-refractivity contribution in [3.63, 3.8) is 0 Å². The van der Waals surface area contributed by atoms with Gasteiger partial charge in [-0.25, -0.2) is 0 Å². The van der Waals surface area contributed by atoms with Crippen molar-refractivity contribution in [2.45, 2.75) is 64.8 Å². The first-order valence-corrected chi connectivity index (χ1v) is 7.11. The zero-order valence-electron chi connectivity index (χ0n) is 11.3. The van der Waals surface area contributed by atoms with Crippen LogP contribution in [0.5, 0.6) is 0 Å². The highest BCUT2D eigenvalue weighted by Gasteiger charge is 2.14. The smallest absolute Gasteiger partial charge is 0.307 e. The summed E-state index contributed by atoms with van der Waals surface area (Å²) >= 11 is 0. The van der Waals surface area contributed by atoms with E-state index in [1.165, 1.54) is 38.5 Å². The summed E-state index contributed by atoms with van der Waals surface area (Å²) in [6, 6.07) is 0.234. The van der Waals surface area contributed by atoms with Gasteiger partial charge in [-0.3, -0.25) is 4.79 Å². The van der Waals surface area contributed by atoms with E-state index in [9.17, 15) is 4.79 Å². The Labute approximate surface area is 105 Å². The van der Waals surface area contributed by atoms with E-state index in [-0.39, 0.29) is 12.0 Å². The number of rotatable bonds is 8. The molecule has 1 aliphatic carbocycles. The summed E-state index contributed by atoms with van der Waals surface area (Å²) < 4.78 is 4.92. The molecule has 0 aromatic heterocycles. The van der Waals surface area contributed by atoms with E-state index >= 15 is 0 Å². The van der Waals surface area contributed by atoms with E-state index in [4.69, 9.17) is 4.74 Å². The largest absolute Gasteiger partial charge is 0.466 e. The van der Waals surface area contributed by atoms with E-state index in [2.05, 4.69) is 5.32 Å². The lowest BCUT2D eigenvalue weighted by molar-refractivity contribution is -0.143. The quantitative estimate of drug-likeness (QED) is 0.524. The van der Waals surface area contributed by atoms with E-state index in [0.717, 1.165) is 12.5 Å². The van der Waals surface area contributed by atoms with Gasteiger partial charge in [-0.1, -0.05) is 25.7 Å². The minimum absolute atomic E-state index is 0.0942. The number of ether oxygens (including phenoxy) is 1. The second kappa shape index (κ2) is 8.51. The summed E-state index contributed by atoms with van der Waals surface area (Å²) in [5.74, 6) is 0.875. The molecule has 17 heavy (non-hydrogen) atoms. The lowest BCUT2D eigenvalue weighted by atomic mass is 10.0. The molecule has 3 heteroatoms. The molecule has 0 heterocycles. The molecule has 0 aliphatic heterocycles. The maximum Gasteiger partial charge on any atom is 0.307 e. The summed E-state index contributed by atoms with van der Waals surface area (Å²) in [5, 5.41) is 3.40. The van der Waals surface area contributed by atoms with Crippen LogP contribution in [0.25, 0.3) is 0 Å². The SMILES string of the molecule is CCOC(=O)CC(C)NCCCC1CCCC1. The fourth-order valence-electron chi connectivity index (χ4n) is 2.58. The molecule has 1 fully saturated rings. The summed E-state index contributed by atoms with van der Waals surface area (Å²) in [6.45, 7) is 5.40. The van der Waals surface area contributed by atoms with Crippen LogP contribution in [-0.2, 0) is 9.53 Å². The van der Waals surface area contributed by atoms with Crippen molar-refractivity contribution < 1.29 is 9.53 Å². The van der Waals surface area contributed by atoms with Crippen molar-refractivity contribution >= 4 is 5.97 Å². The van der Waals surface area contributed by atoms with Crippen LogP contribution >= 0.6 is 0 Å². The topological polar surface area (TPSA) is 38.3 Å². The number of carbonyl (C=O) groups is 1. The van der Waals surface area contributed by atoms with E-state index in [1.807, 2.05) is 13.8 Å². The van der Waals surface area contributed by atoms with Gasteiger partial charge in [0.15, 0.2) is 0 Å². The Bertz CT molecular complexity index is 212. The molecule has 0 radical (unpaired) electrons. The predicted octanol–water partition coefficient (Wildman–Crippen LogP) is 2.89. The standard InChI is InChI=1S/C14H27NO2/c1-3-17-14(16)11-12(2)15-10-6-9-13-7-4-5-8-13/h12-13,15H,3-11H2,1-2H3. The minimum atomic E-state index is -0.0942. The highest BCUT2D eigenvalue weighted by atomic mass is 16.5. The van der Waals surface area contributed by atoms with Gasteiger partial charge < -0.3 is 10.1 Å². The molecule has 0 spiro atoms. The Kier molecular flexibility index (Phi) is 7.25. The number of esters is 1. The van der Waals surface area contributed by atoms with E-state index in [0.29, 0.717) is 13.0 Å². The van der Waals surface area contributed by atoms with Crippen LogP contribution in [0.1, 0.15) is 58.8 Å². The molecule has 3 nitrogen and oxygen atoms in total. The van der Waals surface area contributed by atoms with Gasteiger partial charge in [0.1, 0.15) is 0 Å². The molecule has 0 aromatic rings. The Morgan fingerprint density at radius 2 is 2.12 bits per heavy atom. The van der Waals surface area contributed by atoms with Gasteiger partial charge >= 0.3 is 5.97 Å². The molecule has 0 bridgehead atoms. The predicted molar refractivity (Wildman–Crippen MR) is 69.9 cm³/mol. The molecule has 1 rings (SSSR count). The Morgan fingerprint density at radius 3 is 2.76 bits per heavy atom. The third-order valence-electron chi connectivity index (χ3n) is 3.53. The van der Waals surface area contributed by atoms with Crippen molar-refractivity contribution in [2.75, 3.05) is 13.2 Å². The molecule has 1 aliphatic rings. The molecule has 0 amide bonds. The minimum Gasteiger partial charge on any atom is -0.466 e. The molecule has 100 valence electrons. The van der Waals surface area contributed by atoms with E-state index < -0.39 is 0 Å². The Balaban J connectivity index is 1.95. The maximum absolute atomic E-state index is 11.2. The van der Waals surface area contributed by atoms with Crippen molar-refractivity contribution in [2.24, 2.45) is 5.92 Å². The van der Waals surface area contributed by atoms with Gasteiger partial charge in [0.25, 0.3) is 0 Å². The van der Waals surface area contributed by atoms with Gasteiger partial charge in [0.2, 0.25) is 0 Å². The van der Waals surface area contributed by atoms with Crippen LogP contribution in [0.4, 0.5) is 0 Å². The third kappa shape index (κ3) is 6.67. The van der Waals surface area contributed by atoms with Crippen LogP contribution < -0.4 is 5.32 Å². The van der Waals surface area contributed by atoms with Crippen LogP contribution in [0, 0.1) is 5.92 Å². The molecule has 1 unspecified atom stereocenters. The zero-order chi connectivity index (χ0) is 12.5. The van der Waals surface area contributed by atoms with Crippen LogP contribution in [-0.4, -0.2) is 25.2 Å². The van der Waals surface area contributed by atoms with Crippen LogP contribution in [0.15, 0.2) is 0 Å². The fourth-order valence-corrected chi connectivity index (χ4v) is 2.58. The number of nitrogens with one attached hydrogen (secondary N) is 1. The molecule has 1 N–H and O–H groups in total. The highest BCUT2D eigenvalue weighted by molar-refractivity contribution is 5.69. The lowest BCUT2D eigenvalue weighted by Gasteiger charge is -2.14. The molecule has 1 atom stereocenters. The first-order chi connectivity index (χ1) is 8.22. The van der Waals surface area contributed by atoms with Gasteiger partial charge in [-0.2, -0.15) is 0 Å². The number of hydrogen-bond acceptors (Lipinski definition) is 3.